The second-order valence-electron chi connectivity index (χ2n) is 7.55. The summed E-state index contributed by atoms with van der Waals surface area (Å²) in [5.41, 5.74) is 1.37. The van der Waals surface area contributed by atoms with Gasteiger partial charge in [0.15, 0.2) is 6.04 Å². The van der Waals surface area contributed by atoms with Crippen LogP contribution in [0.2, 0.25) is 0 Å². The van der Waals surface area contributed by atoms with Gasteiger partial charge in [0.2, 0.25) is 0 Å². The molecule has 1 unspecified atom stereocenters. The van der Waals surface area contributed by atoms with E-state index in [1.165, 1.54) is 31.4 Å². The first-order chi connectivity index (χ1) is 15.7. The van der Waals surface area contributed by atoms with E-state index in [4.69, 9.17) is 9.47 Å². The molecule has 0 saturated heterocycles. The molecule has 0 fully saturated rings. The molecule has 7 nitrogen and oxygen atoms in total. The third kappa shape index (κ3) is 4.33. The Bertz CT molecular complexity index is 1210. The fraction of sp³-hybridized carbons (Fsp3) is 0.304. The maximum Gasteiger partial charge on any atom is 0.414 e. The zero-order valence-corrected chi connectivity index (χ0v) is 18.0. The highest BCUT2D eigenvalue weighted by Gasteiger charge is 2.50. The van der Waals surface area contributed by atoms with Crippen molar-refractivity contribution in [1.82, 2.24) is 9.88 Å². The number of carbonyl (C=O) groups excluding carboxylic acids is 2. The van der Waals surface area contributed by atoms with Gasteiger partial charge in [0, 0.05) is 23.1 Å². The van der Waals surface area contributed by atoms with Gasteiger partial charge < -0.3 is 24.7 Å². The minimum absolute atomic E-state index is 0.0626. The number of hydrogen-bond acceptors (Lipinski definition) is 4. The first-order valence-corrected chi connectivity index (χ1v) is 10.3. The Kier molecular flexibility index (Phi) is 5.92. The molecule has 1 aromatic heterocycles. The van der Waals surface area contributed by atoms with E-state index in [0.717, 1.165) is 4.90 Å². The monoisotopic (exact) mass is 461 g/mol. The minimum atomic E-state index is -4.70. The Labute approximate surface area is 187 Å². The largest absolute Gasteiger partial charge is 0.497 e. The first-order valence-electron chi connectivity index (χ1n) is 10.3. The van der Waals surface area contributed by atoms with Crippen molar-refractivity contribution in [1.29, 1.82) is 0 Å². The molecule has 2 N–H and O–H groups in total. The highest BCUT2D eigenvalue weighted by molar-refractivity contribution is 5.94. The van der Waals surface area contributed by atoms with Gasteiger partial charge in [0.25, 0.3) is 0 Å². The van der Waals surface area contributed by atoms with Gasteiger partial charge in [-0.2, -0.15) is 13.2 Å². The number of aromatic nitrogens is 1. The second-order valence-corrected chi connectivity index (χ2v) is 7.55. The maximum atomic E-state index is 14.2. The lowest BCUT2D eigenvalue weighted by Gasteiger charge is -2.36. The number of fused-ring (bicyclic) bond motifs is 3. The van der Waals surface area contributed by atoms with Crippen LogP contribution >= 0.6 is 0 Å². The van der Waals surface area contributed by atoms with Crippen molar-refractivity contribution in [2.24, 2.45) is 0 Å². The summed E-state index contributed by atoms with van der Waals surface area (Å²) >= 11 is 0. The number of rotatable bonds is 4. The van der Waals surface area contributed by atoms with E-state index < -0.39 is 24.2 Å². The molecule has 33 heavy (non-hydrogen) atoms. The molecule has 0 spiro atoms. The number of ether oxygens (including phenoxy) is 2. The molecule has 174 valence electrons. The molecule has 2 heterocycles. The van der Waals surface area contributed by atoms with E-state index >= 15 is 0 Å². The highest BCUT2D eigenvalue weighted by Crippen LogP contribution is 2.44. The molecule has 3 aromatic rings. The van der Waals surface area contributed by atoms with Crippen molar-refractivity contribution in [2.75, 3.05) is 25.6 Å². The lowest BCUT2D eigenvalue weighted by atomic mass is 9.97. The summed E-state index contributed by atoms with van der Waals surface area (Å²) < 4.78 is 52.6. The molecular weight excluding hydrogens is 439 g/mol. The predicted molar refractivity (Wildman–Crippen MR) is 115 cm³/mol. The molecule has 0 bridgehead atoms. The van der Waals surface area contributed by atoms with Gasteiger partial charge in [-0.15, -0.1) is 0 Å². The van der Waals surface area contributed by atoms with Crippen LogP contribution in [0.3, 0.4) is 0 Å². The topological polar surface area (TPSA) is 83.7 Å². The molecule has 2 aromatic carbocycles. The van der Waals surface area contributed by atoms with Gasteiger partial charge >= 0.3 is 18.2 Å². The van der Waals surface area contributed by atoms with Crippen LogP contribution in [0.25, 0.3) is 10.9 Å². The fourth-order valence-corrected chi connectivity index (χ4v) is 4.09. The Morgan fingerprint density at radius 3 is 2.70 bits per heavy atom. The van der Waals surface area contributed by atoms with E-state index in [-0.39, 0.29) is 36.5 Å². The van der Waals surface area contributed by atoms with Gasteiger partial charge in [-0.25, -0.2) is 9.59 Å². The lowest BCUT2D eigenvalue weighted by molar-refractivity contribution is -0.180. The fourth-order valence-electron chi connectivity index (χ4n) is 4.09. The number of alkyl halides is 3. The number of benzene rings is 2. The van der Waals surface area contributed by atoms with Crippen LogP contribution in [-0.2, 0) is 11.2 Å². The van der Waals surface area contributed by atoms with Gasteiger partial charge in [-0.1, -0.05) is 6.07 Å². The molecule has 1 atom stereocenters. The van der Waals surface area contributed by atoms with Gasteiger partial charge in [0.05, 0.1) is 25.0 Å². The summed E-state index contributed by atoms with van der Waals surface area (Å²) in [6, 6.07) is 7.82. The van der Waals surface area contributed by atoms with E-state index in [0.29, 0.717) is 22.2 Å². The SMILES string of the molecule is CCOC(=O)c1cccc(NC(=O)N2CCc3c([nH]c4ccc(OC)cc34)C2C(F)(F)F)c1. The third-order valence-corrected chi connectivity index (χ3v) is 5.53. The van der Waals surface area contributed by atoms with E-state index in [9.17, 15) is 22.8 Å². The number of hydrogen-bond donors (Lipinski definition) is 2. The molecule has 0 aliphatic carbocycles. The number of amides is 2. The van der Waals surface area contributed by atoms with Crippen molar-refractivity contribution in [3.63, 3.8) is 0 Å². The Hall–Kier alpha value is -3.69. The summed E-state index contributed by atoms with van der Waals surface area (Å²) in [4.78, 5) is 28.5. The quantitative estimate of drug-likeness (QED) is 0.533. The van der Waals surface area contributed by atoms with Gasteiger partial charge in [-0.05, 0) is 55.3 Å². The predicted octanol–water partition coefficient (Wildman–Crippen LogP) is 5.05. The zero-order valence-electron chi connectivity index (χ0n) is 18.0. The molecule has 0 saturated carbocycles. The van der Waals surface area contributed by atoms with E-state index in [2.05, 4.69) is 10.3 Å². The number of H-pyrrole nitrogens is 1. The average Bonchev–Trinajstić information content (AvgIpc) is 3.15. The molecular formula is C23H22F3N3O4. The number of anilines is 1. The molecule has 0 radical (unpaired) electrons. The summed E-state index contributed by atoms with van der Waals surface area (Å²) in [5, 5.41) is 3.12. The van der Waals surface area contributed by atoms with Crippen molar-refractivity contribution in [3.8, 4) is 5.75 Å². The summed E-state index contributed by atoms with van der Waals surface area (Å²) in [6.07, 6.45) is -4.46. The number of halogens is 3. The number of nitrogens with zero attached hydrogens (tertiary/aromatic N) is 1. The Morgan fingerprint density at radius 1 is 1.21 bits per heavy atom. The molecule has 10 heteroatoms. The van der Waals surface area contributed by atoms with Crippen molar-refractivity contribution >= 4 is 28.6 Å². The molecule has 4 rings (SSSR count). The van der Waals surface area contributed by atoms with Crippen LogP contribution in [0.1, 0.15) is 34.6 Å². The molecule has 2 amide bonds. The van der Waals surface area contributed by atoms with Crippen LogP contribution < -0.4 is 10.1 Å². The van der Waals surface area contributed by atoms with Crippen LogP contribution in [0.5, 0.6) is 5.75 Å². The summed E-state index contributed by atoms with van der Waals surface area (Å²) in [7, 11) is 1.49. The lowest BCUT2D eigenvalue weighted by Crippen LogP contribution is -2.48. The highest BCUT2D eigenvalue weighted by atomic mass is 19.4. The Balaban J connectivity index is 1.65. The van der Waals surface area contributed by atoms with Crippen molar-refractivity contribution in [2.45, 2.75) is 25.6 Å². The normalized spacial score (nSPS) is 15.8. The summed E-state index contributed by atoms with van der Waals surface area (Å²) in [5.74, 6) is -0.0487. The van der Waals surface area contributed by atoms with E-state index in [1.807, 2.05) is 0 Å². The van der Waals surface area contributed by atoms with E-state index in [1.54, 1.807) is 25.1 Å². The number of methoxy groups -OCH3 is 1. The smallest absolute Gasteiger partial charge is 0.414 e. The number of esters is 1. The average molecular weight is 461 g/mol. The van der Waals surface area contributed by atoms with Crippen molar-refractivity contribution in [3.05, 3.63) is 59.3 Å². The summed E-state index contributed by atoms with van der Waals surface area (Å²) in [6.45, 7) is 1.70. The minimum Gasteiger partial charge on any atom is -0.497 e. The van der Waals surface area contributed by atoms with Crippen LogP contribution in [0.4, 0.5) is 23.7 Å². The number of aromatic amines is 1. The Morgan fingerprint density at radius 2 is 2.00 bits per heavy atom. The number of urea groups is 1. The first kappa shape index (κ1) is 22.5. The third-order valence-electron chi connectivity index (χ3n) is 5.53. The zero-order chi connectivity index (χ0) is 23.8. The molecule has 1 aliphatic heterocycles. The maximum absolute atomic E-state index is 14.2. The molecule has 1 aliphatic rings. The van der Waals surface area contributed by atoms with Gasteiger partial charge in [0.1, 0.15) is 5.75 Å². The standard InChI is InChI=1S/C23H22F3N3O4/c1-3-33-21(30)13-5-4-6-14(11-13)27-22(31)29-10-9-16-17-12-15(32-2)7-8-18(17)28-19(16)20(29)23(24,25)26/h4-8,11-12,20,28H,3,9-10H2,1-2H3,(H,27,31). The number of nitrogens with one attached hydrogen (secondary N) is 2. The van der Waals surface area contributed by atoms with Crippen LogP contribution in [-0.4, -0.2) is 48.3 Å². The van der Waals surface area contributed by atoms with Gasteiger partial charge in [-0.3, -0.25) is 0 Å². The second kappa shape index (κ2) is 8.68. The number of carbonyl (C=O) groups is 2. The van der Waals surface area contributed by atoms with Crippen LogP contribution in [0.15, 0.2) is 42.5 Å². The van der Waals surface area contributed by atoms with Crippen molar-refractivity contribution < 1.29 is 32.2 Å². The van der Waals surface area contributed by atoms with Crippen LogP contribution in [0, 0.1) is 0 Å².